The van der Waals surface area contributed by atoms with Gasteiger partial charge in [0.15, 0.2) is 0 Å². The van der Waals surface area contributed by atoms with E-state index in [0.717, 1.165) is 4.47 Å². The average Bonchev–Trinajstić information content (AvgIpc) is 2.43. The Morgan fingerprint density at radius 1 is 1.14 bits per heavy atom. The number of benzene rings is 2. The molecule has 108 valence electrons. The largest absolute Gasteiger partial charge is 0.481 e. The fourth-order valence-corrected chi connectivity index (χ4v) is 2.17. The Kier molecular flexibility index (Phi) is 4.59. The Bertz CT molecular complexity index is 684. The zero-order chi connectivity index (χ0) is 15.4. The molecular weight excluding hydrogens is 336 g/mol. The summed E-state index contributed by atoms with van der Waals surface area (Å²) >= 11 is 3.29. The van der Waals surface area contributed by atoms with Crippen LogP contribution in [0.25, 0.3) is 0 Å². The minimum Gasteiger partial charge on any atom is -0.481 e. The zero-order valence-electron chi connectivity index (χ0n) is 11.0. The van der Waals surface area contributed by atoms with Crippen molar-refractivity contribution >= 4 is 39.2 Å². The van der Waals surface area contributed by atoms with E-state index in [1.54, 1.807) is 42.5 Å². The third-order valence-corrected chi connectivity index (χ3v) is 3.32. The normalized spacial score (nSPS) is 10.1. The van der Waals surface area contributed by atoms with Crippen molar-refractivity contribution in [1.29, 1.82) is 0 Å². The zero-order valence-corrected chi connectivity index (χ0v) is 12.6. The molecule has 1 amide bonds. The summed E-state index contributed by atoms with van der Waals surface area (Å²) < 4.78 is 0.763. The van der Waals surface area contributed by atoms with E-state index in [9.17, 15) is 9.59 Å². The monoisotopic (exact) mass is 348 g/mol. The van der Waals surface area contributed by atoms with Gasteiger partial charge in [0.05, 0.1) is 12.0 Å². The summed E-state index contributed by atoms with van der Waals surface area (Å²) in [7, 11) is 0. The molecule has 2 aromatic carbocycles. The van der Waals surface area contributed by atoms with Crippen molar-refractivity contribution in [2.24, 2.45) is 0 Å². The highest BCUT2D eigenvalue weighted by molar-refractivity contribution is 9.10. The molecule has 0 saturated carbocycles. The van der Waals surface area contributed by atoms with Gasteiger partial charge in [-0.2, -0.15) is 0 Å². The molecule has 0 aliphatic rings. The predicted molar refractivity (Wildman–Crippen MR) is 84.3 cm³/mol. The smallest absolute Gasteiger partial charge is 0.307 e. The first-order chi connectivity index (χ1) is 9.95. The first kappa shape index (κ1) is 15.1. The molecule has 0 heterocycles. The lowest BCUT2D eigenvalue weighted by Gasteiger charge is -2.08. The van der Waals surface area contributed by atoms with Crippen LogP contribution in [-0.2, 0) is 11.2 Å². The molecule has 0 aliphatic heterocycles. The molecule has 0 aliphatic carbocycles. The van der Waals surface area contributed by atoms with E-state index in [4.69, 9.17) is 10.8 Å². The predicted octanol–water partition coefficient (Wildman–Crippen LogP) is 2.91. The Balaban J connectivity index is 2.12. The second-order valence-corrected chi connectivity index (χ2v) is 5.37. The molecular formula is C15H13BrN2O3. The molecule has 0 atom stereocenters. The fourth-order valence-electron chi connectivity index (χ4n) is 1.80. The summed E-state index contributed by atoms with van der Waals surface area (Å²) in [5.74, 6) is -1.21. The Labute approximate surface area is 129 Å². The molecule has 2 aromatic rings. The van der Waals surface area contributed by atoms with Gasteiger partial charge >= 0.3 is 5.97 Å². The van der Waals surface area contributed by atoms with E-state index >= 15 is 0 Å². The van der Waals surface area contributed by atoms with Gasteiger partial charge in [-0.3, -0.25) is 9.59 Å². The number of anilines is 2. The standard InChI is InChI=1S/C15H13BrN2O3/c16-10-3-6-13(17)12(8-10)15(21)18-11-4-1-9(2-5-11)7-14(19)20/h1-6,8H,7,17H2,(H,18,21)(H,19,20). The molecule has 0 unspecified atom stereocenters. The van der Waals surface area contributed by atoms with E-state index < -0.39 is 5.97 Å². The summed E-state index contributed by atoms with van der Waals surface area (Å²) in [5, 5.41) is 11.4. The van der Waals surface area contributed by atoms with Gasteiger partial charge in [0.25, 0.3) is 5.91 Å². The van der Waals surface area contributed by atoms with E-state index in [-0.39, 0.29) is 12.3 Å². The molecule has 0 saturated heterocycles. The highest BCUT2D eigenvalue weighted by Crippen LogP contribution is 2.20. The van der Waals surface area contributed by atoms with Crippen LogP contribution in [0.1, 0.15) is 15.9 Å². The van der Waals surface area contributed by atoms with Crippen molar-refractivity contribution in [3.05, 3.63) is 58.1 Å². The van der Waals surface area contributed by atoms with Crippen LogP contribution < -0.4 is 11.1 Å². The van der Waals surface area contributed by atoms with Gasteiger partial charge in [-0.05, 0) is 35.9 Å². The number of carbonyl (C=O) groups excluding carboxylic acids is 1. The van der Waals surface area contributed by atoms with Gasteiger partial charge < -0.3 is 16.2 Å². The first-order valence-electron chi connectivity index (χ1n) is 6.13. The van der Waals surface area contributed by atoms with Crippen molar-refractivity contribution in [3.8, 4) is 0 Å². The van der Waals surface area contributed by atoms with E-state index in [1.807, 2.05) is 0 Å². The molecule has 0 spiro atoms. The third-order valence-electron chi connectivity index (χ3n) is 2.83. The van der Waals surface area contributed by atoms with Crippen molar-refractivity contribution in [3.63, 3.8) is 0 Å². The number of halogens is 1. The molecule has 5 nitrogen and oxygen atoms in total. The molecule has 6 heteroatoms. The van der Waals surface area contributed by atoms with Crippen LogP contribution in [0, 0.1) is 0 Å². The van der Waals surface area contributed by atoms with Crippen molar-refractivity contribution in [2.45, 2.75) is 6.42 Å². The summed E-state index contributed by atoms with van der Waals surface area (Å²) in [6.07, 6.45) is -0.0488. The molecule has 2 rings (SSSR count). The minimum absolute atomic E-state index is 0.0488. The summed E-state index contributed by atoms with van der Waals surface area (Å²) in [4.78, 5) is 22.7. The fraction of sp³-hybridized carbons (Fsp3) is 0.0667. The quantitative estimate of drug-likeness (QED) is 0.740. The van der Waals surface area contributed by atoms with Crippen molar-refractivity contribution in [1.82, 2.24) is 0 Å². The second kappa shape index (κ2) is 6.41. The molecule has 21 heavy (non-hydrogen) atoms. The number of rotatable bonds is 4. The average molecular weight is 349 g/mol. The van der Waals surface area contributed by atoms with Crippen LogP contribution in [0.5, 0.6) is 0 Å². The van der Waals surface area contributed by atoms with Crippen molar-refractivity contribution in [2.75, 3.05) is 11.1 Å². The van der Waals surface area contributed by atoms with Crippen LogP contribution in [0.3, 0.4) is 0 Å². The Morgan fingerprint density at radius 2 is 1.81 bits per heavy atom. The number of nitrogens with one attached hydrogen (secondary N) is 1. The van der Waals surface area contributed by atoms with Crippen LogP contribution in [0.2, 0.25) is 0 Å². The SMILES string of the molecule is Nc1ccc(Br)cc1C(=O)Nc1ccc(CC(=O)O)cc1. The van der Waals surface area contributed by atoms with Gasteiger partial charge in [-0.1, -0.05) is 28.1 Å². The lowest BCUT2D eigenvalue weighted by Crippen LogP contribution is -2.14. The number of aliphatic carboxylic acids is 1. The summed E-state index contributed by atoms with van der Waals surface area (Å²) in [6, 6.07) is 11.7. The molecule has 0 fully saturated rings. The van der Waals surface area contributed by atoms with Crippen LogP contribution >= 0.6 is 15.9 Å². The highest BCUT2D eigenvalue weighted by Gasteiger charge is 2.10. The lowest BCUT2D eigenvalue weighted by atomic mass is 10.1. The van der Waals surface area contributed by atoms with Gasteiger partial charge in [-0.25, -0.2) is 0 Å². The summed E-state index contributed by atoms with van der Waals surface area (Å²) in [5.41, 5.74) is 7.78. The molecule has 4 N–H and O–H groups in total. The second-order valence-electron chi connectivity index (χ2n) is 4.45. The van der Waals surface area contributed by atoms with Crippen LogP contribution in [0.15, 0.2) is 46.9 Å². The minimum atomic E-state index is -0.895. The number of nitrogens with two attached hydrogens (primary N) is 1. The van der Waals surface area contributed by atoms with Gasteiger partial charge in [0.1, 0.15) is 0 Å². The van der Waals surface area contributed by atoms with Crippen LogP contribution in [0.4, 0.5) is 11.4 Å². The first-order valence-corrected chi connectivity index (χ1v) is 6.92. The maximum atomic E-state index is 12.1. The van der Waals surface area contributed by atoms with Crippen LogP contribution in [-0.4, -0.2) is 17.0 Å². The number of carboxylic acids is 1. The number of nitrogen functional groups attached to an aromatic ring is 1. The molecule has 0 bridgehead atoms. The maximum Gasteiger partial charge on any atom is 0.307 e. The topological polar surface area (TPSA) is 92.4 Å². The third kappa shape index (κ3) is 4.06. The number of amides is 1. The molecule has 0 radical (unpaired) electrons. The molecule has 0 aromatic heterocycles. The Morgan fingerprint density at radius 3 is 2.43 bits per heavy atom. The van der Waals surface area contributed by atoms with Gasteiger partial charge in [0.2, 0.25) is 0 Å². The van der Waals surface area contributed by atoms with Crippen molar-refractivity contribution < 1.29 is 14.7 Å². The lowest BCUT2D eigenvalue weighted by molar-refractivity contribution is -0.136. The maximum absolute atomic E-state index is 12.1. The van der Waals surface area contributed by atoms with Gasteiger partial charge in [-0.15, -0.1) is 0 Å². The van der Waals surface area contributed by atoms with E-state index in [0.29, 0.717) is 22.5 Å². The number of carbonyl (C=O) groups is 2. The number of hydrogen-bond acceptors (Lipinski definition) is 3. The van der Waals surface area contributed by atoms with E-state index in [1.165, 1.54) is 0 Å². The highest BCUT2D eigenvalue weighted by atomic mass is 79.9. The Hall–Kier alpha value is -2.34. The number of hydrogen-bond donors (Lipinski definition) is 3. The van der Waals surface area contributed by atoms with E-state index in [2.05, 4.69) is 21.2 Å². The summed E-state index contributed by atoms with van der Waals surface area (Å²) in [6.45, 7) is 0. The van der Waals surface area contributed by atoms with Gasteiger partial charge in [0, 0.05) is 15.8 Å². The number of carboxylic acid groups (broad SMARTS) is 1.